The maximum atomic E-state index is 11.7. The summed E-state index contributed by atoms with van der Waals surface area (Å²) in [5.41, 5.74) is -0.555. The number of nitro groups is 1. The molecule has 23 heavy (non-hydrogen) atoms. The Hall–Kier alpha value is -2.68. The van der Waals surface area contributed by atoms with Crippen LogP contribution in [-0.2, 0) is 14.3 Å². The summed E-state index contributed by atoms with van der Waals surface area (Å²) in [6.45, 7) is -0.842. The summed E-state index contributed by atoms with van der Waals surface area (Å²) < 4.78 is 4.72. The molecule has 10 heteroatoms. The van der Waals surface area contributed by atoms with Crippen LogP contribution < -0.4 is 5.32 Å². The van der Waals surface area contributed by atoms with Gasteiger partial charge in [-0.05, 0) is 12.1 Å². The van der Waals surface area contributed by atoms with Crippen LogP contribution >= 0.6 is 11.6 Å². The zero-order valence-corrected chi connectivity index (χ0v) is 13.1. The number of hydrogen-bond donors (Lipinski definition) is 1. The number of carbonyl (C=O) groups is 3. The van der Waals surface area contributed by atoms with Crippen LogP contribution in [0, 0.1) is 10.1 Å². The van der Waals surface area contributed by atoms with E-state index in [0.717, 1.165) is 6.07 Å². The predicted octanol–water partition coefficient (Wildman–Crippen LogP) is 0.609. The van der Waals surface area contributed by atoms with Crippen LogP contribution in [-0.4, -0.2) is 54.9 Å². The molecular formula is C13H14ClN3O6. The van der Waals surface area contributed by atoms with Crippen molar-refractivity contribution in [1.82, 2.24) is 10.2 Å². The maximum Gasteiger partial charge on any atom is 0.338 e. The fourth-order valence-corrected chi connectivity index (χ4v) is 1.56. The third-order valence-electron chi connectivity index (χ3n) is 2.65. The highest BCUT2D eigenvalue weighted by atomic mass is 35.5. The van der Waals surface area contributed by atoms with Crippen molar-refractivity contribution in [1.29, 1.82) is 0 Å². The molecule has 0 radical (unpaired) electrons. The average molecular weight is 344 g/mol. The summed E-state index contributed by atoms with van der Waals surface area (Å²) in [6.07, 6.45) is 0. The monoisotopic (exact) mass is 343 g/mol. The molecule has 0 saturated carbocycles. The van der Waals surface area contributed by atoms with E-state index >= 15 is 0 Å². The van der Waals surface area contributed by atoms with Gasteiger partial charge >= 0.3 is 5.97 Å². The van der Waals surface area contributed by atoms with Crippen molar-refractivity contribution < 1.29 is 24.0 Å². The number of halogens is 1. The summed E-state index contributed by atoms with van der Waals surface area (Å²) in [5.74, 6) is -1.91. The Labute approximate surface area is 136 Å². The fourth-order valence-electron chi connectivity index (χ4n) is 1.38. The van der Waals surface area contributed by atoms with Crippen molar-refractivity contribution >= 4 is 35.1 Å². The molecule has 0 saturated heterocycles. The van der Waals surface area contributed by atoms with Gasteiger partial charge in [-0.15, -0.1) is 0 Å². The first-order valence-corrected chi connectivity index (χ1v) is 6.68. The van der Waals surface area contributed by atoms with E-state index in [9.17, 15) is 24.5 Å². The van der Waals surface area contributed by atoms with Crippen molar-refractivity contribution in [3.05, 3.63) is 38.9 Å². The largest absolute Gasteiger partial charge is 0.452 e. The lowest BCUT2D eigenvalue weighted by atomic mass is 10.2. The molecule has 0 spiro atoms. The van der Waals surface area contributed by atoms with Crippen LogP contribution in [0.5, 0.6) is 0 Å². The standard InChI is InChI=1S/C13H14ClN3O6/c1-16(2)12(19)6-15-11(18)7-23-13(20)8-3-4-9(14)10(5-8)17(21)22/h3-5H,6-7H2,1-2H3,(H,15,18). The molecule has 1 aromatic rings. The number of benzene rings is 1. The number of ether oxygens (including phenoxy) is 1. The van der Waals surface area contributed by atoms with Gasteiger partial charge in [-0.3, -0.25) is 19.7 Å². The first kappa shape index (κ1) is 18.4. The molecule has 0 heterocycles. The molecule has 0 atom stereocenters. The molecular weight excluding hydrogens is 330 g/mol. The van der Waals surface area contributed by atoms with Gasteiger partial charge in [0.15, 0.2) is 6.61 Å². The van der Waals surface area contributed by atoms with Crippen LogP contribution in [0.15, 0.2) is 18.2 Å². The van der Waals surface area contributed by atoms with Gasteiger partial charge in [-0.25, -0.2) is 4.79 Å². The van der Waals surface area contributed by atoms with Gasteiger partial charge in [0.25, 0.3) is 11.6 Å². The Morgan fingerprint density at radius 2 is 2.00 bits per heavy atom. The van der Waals surface area contributed by atoms with E-state index < -0.39 is 29.1 Å². The number of esters is 1. The Morgan fingerprint density at radius 3 is 2.57 bits per heavy atom. The molecule has 1 N–H and O–H groups in total. The Bertz CT molecular complexity index is 647. The summed E-state index contributed by atoms with van der Waals surface area (Å²) in [5, 5.41) is 12.9. The van der Waals surface area contributed by atoms with Crippen LogP contribution in [0.25, 0.3) is 0 Å². The summed E-state index contributed by atoms with van der Waals surface area (Å²) >= 11 is 5.63. The van der Waals surface area contributed by atoms with Gasteiger partial charge in [0.1, 0.15) is 5.02 Å². The highest BCUT2D eigenvalue weighted by Crippen LogP contribution is 2.25. The Kier molecular flexibility index (Phi) is 6.46. The highest BCUT2D eigenvalue weighted by molar-refractivity contribution is 6.32. The van der Waals surface area contributed by atoms with Gasteiger partial charge in [-0.1, -0.05) is 11.6 Å². The molecule has 124 valence electrons. The van der Waals surface area contributed by atoms with Crippen LogP contribution in [0.2, 0.25) is 5.02 Å². The van der Waals surface area contributed by atoms with Crippen molar-refractivity contribution in [2.45, 2.75) is 0 Å². The molecule has 0 aromatic heterocycles. The second-order valence-corrected chi connectivity index (χ2v) is 4.97. The summed E-state index contributed by atoms with van der Waals surface area (Å²) in [4.78, 5) is 45.7. The van der Waals surface area contributed by atoms with Crippen molar-refractivity contribution in [3.63, 3.8) is 0 Å². The van der Waals surface area contributed by atoms with E-state index in [1.165, 1.54) is 31.1 Å². The zero-order valence-electron chi connectivity index (χ0n) is 12.4. The number of likely N-dealkylation sites (N-methyl/N-ethyl adjacent to an activating group) is 1. The number of nitrogens with zero attached hydrogens (tertiary/aromatic N) is 2. The Morgan fingerprint density at radius 1 is 1.35 bits per heavy atom. The normalized spacial score (nSPS) is 9.87. The maximum absolute atomic E-state index is 11.7. The second kappa shape index (κ2) is 8.08. The molecule has 0 fully saturated rings. The first-order valence-electron chi connectivity index (χ1n) is 6.30. The lowest BCUT2D eigenvalue weighted by Crippen LogP contribution is -2.38. The zero-order chi connectivity index (χ0) is 17.6. The third kappa shape index (κ3) is 5.55. The molecule has 0 aliphatic rings. The van der Waals surface area contributed by atoms with Crippen molar-refractivity contribution in [3.8, 4) is 0 Å². The lowest BCUT2D eigenvalue weighted by Gasteiger charge is -2.11. The van der Waals surface area contributed by atoms with Crippen molar-refractivity contribution in [2.75, 3.05) is 27.2 Å². The van der Waals surface area contributed by atoms with E-state index in [4.69, 9.17) is 16.3 Å². The first-order chi connectivity index (χ1) is 10.7. The van der Waals surface area contributed by atoms with Crippen LogP contribution in [0.3, 0.4) is 0 Å². The fraction of sp³-hybridized carbons (Fsp3) is 0.308. The topological polar surface area (TPSA) is 119 Å². The molecule has 0 aliphatic heterocycles. The van der Waals surface area contributed by atoms with Gasteiger partial charge < -0.3 is 15.0 Å². The Balaban J connectivity index is 2.57. The predicted molar refractivity (Wildman–Crippen MR) is 80.1 cm³/mol. The minimum Gasteiger partial charge on any atom is -0.452 e. The van der Waals surface area contributed by atoms with E-state index in [2.05, 4.69) is 5.32 Å². The smallest absolute Gasteiger partial charge is 0.338 e. The van der Waals surface area contributed by atoms with E-state index in [0.29, 0.717) is 0 Å². The lowest BCUT2D eigenvalue weighted by molar-refractivity contribution is -0.384. The number of rotatable bonds is 6. The average Bonchev–Trinajstić information content (AvgIpc) is 2.50. The number of amides is 2. The number of carbonyl (C=O) groups excluding carboxylic acids is 3. The number of nitrogens with one attached hydrogen (secondary N) is 1. The van der Waals surface area contributed by atoms with Crippen molar-refractivity contribution in [2.24, 2.45) is 0 Å². The van der Waals surface area contributed by atoms with Crippen LogP contribution in [0.1, 0.15) is 10.4 Å². The van der Waals surface area contributed by atoms with E-state index in [1.54, 1.807) is 0 Å². The van der Waals surface area contributed by atoms with Gasteiger partial charge in [-0.2, -0.15) is 0 Å². The van der Waals surface area contributed by atoms with Gasteiger partial charge in [0.2, 0.25) is 5.91 Å². The minimum absolute atomic E-state index is 0.113. The molecule has 0 bridgehead atoms. The van der Waals surface area contributed by atoms with E-state index in [1.807, 2.05) is 0 Å². The summed E-state index contributed by atoms with van der Waals surface area (Å²) in [6, 6.07) is 3.38. The van der Waals surface area contributed by atoms with Gasteiger partial charge in [0.05, 0.1) is 17.0 Å². The van der Waals surface area contributed by atoms with E-state index in [-0.39, 0.29) is 23.0 Å². The number of nitro benzene ring substituents is 1. The molecule has 0 aliphatic carbocycles. The SMILES string of the molecule is CN(C)C(=O)CNC(=O)COC(=O)c1ccc(Cl)c([N+](=O)[O-])c1. The number of hydrogen-bond acceptors (Lipinski definition) is 6. The molecule has 1 aromatic carbocycles. The quantitative estimate of drug-likeness (QED) is 0.459. The minimum atomic E-state index is -0.918. The molecule has 1 rings (SSSR count). The highest BCUT2D eigenvalue weighted by Gasteiger charge is 2.18. The third-order valence-corrected chi connectivity index (χ3v) is 2.97. The van der Waals surface area contributed by atoms with Crippen LogP contribution in [0.4, 0.5) is 5.69 Å². The van der Waals surface area contributed by atoms with Gasteiger partial charge in [0, 0.05) is 20.2 Å². The summed E-state index contributed by atoms with van der Waals surface area (Å²) in [7, 11) is 3.06. The second-order valence-electron chi connectivity index (χ2n) is 4.56. The molecule has 9 nitrogen and oxygen atoms in total. The molecule has 0 unspecified atom stereocenters. The molecule has 2 amide bonds.